The molecule has 27 heavy (non-hydrogen) atoms. The molecule has 1 saturated heterocycles. The number of nitrogens with one attached hydrogen (secondary N) is 1. The summed E-state index contributed by atoms with van der Waals surface area (Å²) in [5, 5.41) is 40.4. The van der Waals surface area contributed by atoms with Crippen molar-refractivity contribution in [3.05, 3.63) is 18.1 Å². The van der Waals surface area contributed by atoms with E-state index in [9.17, 15) is 20.5 Å². The van der Waals surface area contributed by atoms with Crippen LogP contribution >= 0.6 is 0 Å². The van der Waals surface area contributed by atoms with Crippen molar-refractivity contribution in [3.8, 4) is 11.5 Å². The van der Waals surface area contributed by atoms with Gasteiger partial charge < -0.3 is 24.6 Å². The third kappa shape index (κ3) is 3.45. The lowest BCUT2D eigenvalue weighted by Gasteiger charge is -2.27. The van der Waals surface area contributed by atoms with Crippen LogP contribution in [0.2, 0.25) is 19.6 Å². The van der Waals surface area contributed by atoms with E-state index in [0.717, 1.165) is 0 Å². The fraction of sp³-hybridized carbons (Fsp3) is 0.529. The molecular formula is C17H24N4O5Si. The zero-order chi connectivity index (χ0) is 20.0. The first kappa shape index (κ1) is 19.8. The van der Waals surface area contributed by atoms with Crippen molar-refractivity contribution in [2.24, 2.45) is 0 Å². The van der Waals surface area contributed by atoms with E-state index in [4.69, 9.17) is 4.74 Å². The van der Waals surface area contributed by atoms with Gasteiger partial charge in [-0.2, -0.15) is 0 Å². The first-order valence-electron chi connectivity index (χ1n) is 8.55. The van der Waals surface area contributed by atoms with Crippen molar-refractivity contribution in [3.63, 3.8) is 0 Å². The van der Waals surface area contributed by atoms with Gasteiger partial charge in [-0.05, 0) is 6.92 Å². The van der Waals surface area contributed by atoms with Crippen LogP contribution in [0.25, 0.3) is 11.0 Å². The van der Waals surface area contributed by atoms with Crippen LogP contribution in [0.15, 0.2) is 12.5 Å². The molecule has 0 unspecified atom stereocenters. The Morgan fingerprint density at radius 3 is 2.63 bits per heavy atom. The van der Waals surface area contributed by atoms with Crippen molar-refractivity contribution in [1.29, 1.82) is 0 Å². The van der Waals surface area contributed by atoms with E-state index in [0.29, 0.717) is 16.6 Å². The van der Waals surface area contributed by atoms with E-state index in [2.05, 4.69) is 41.1 Å². The van der Waals surface area contributed by atoms with Gasteiger partial charge in [-0.15, -0.1) is 5.54 Å². The molecule has 4 atom stereocenters. The lowest BCUT2D eigenvalue weighted by Crippen LogP contribution is -2.44. The highest BCUT2D eigenvalue weighted by atomic mass is 28.3. The number of hydrogen-bond donors (Lipinski definition) is 5. The summed E-state index contributed by atoms with van der Waals surface area (Å²) in [7, 11) is -1.68. The molecule has 0 aliphatic carbocycles. The monoisotopic (exact) mass is 392 g/mol. The summed E-state index contributed by atoms with van der Waals surface area (Å²) in [6, 6.07) is 0. The maximum atomic E-state index is 10.8. The number of rotatable bonds is 3. The fourth-order valence-electron chi connectivity index (χ4n) is 3.09. The Morgan fingerprint density at radius 1 is 1.37 bits per heavy atom. The van der Waals surface area contributed by atoms with E-state index < -0.39 is 38.7 Å². The largest absolute Gasteiger partial charge is 0.394 e. The van der Waals surface area contributed by atoms with Gasteiger partial charge in [0.25, 0.3) is 0 Å². The van der Waals surface area contributed by atoms with Gasteiger partial charge in [0.05, 0.1) is 17.6 Å². The fourth-order valence-corrected chi connectivity index (χ4v) is 3.60. The predicted octanol–water partition coefficient (Wildman–Crippen LogP) is 0.463. The number of aromatic nitrogens is 3. The highest BCUT2D eigenvalue weighted by Gasteiger charge is 2.53. The van der Waals surface area contributed by atoms with Gasteiger partial charge in [0.1, 0.15) is 37.9 Å². The predicted molar refractivity (Wildman–Crippen MR) is 101 cm³/mol. The Kier molecular flexibility index (Phi) is 5.02. The SMILES string of the molecule is C[C@@]1(O)[C@H](O)[C@@H](CO)O[C@H]1n1cc(C#C[Si](C)(C)C)c2c(NO)ncnc21. The Labute approximate surface area is 157 Å². The van der Waals surface area contributed by atoms with Gasteiger partial charge in [0.2, 0.25) is 0 Å². The summed E-state index contributed by atoms with van der Waals surface area (Å²) in [6.45, 7) is 7.31. The molecule has 10 heteroatoms. The molecule has 2 aromatic heterocycles. The van der Waals surface area contributed by atoms with Crippen molar-refractivity contribution < 1.29 is 25.3 Å². The minimum Gasteiger partial charge on any atom is -0.394 e. The van der Waals surface area contributed by atoms with E-state index in [1.54, 1.807) is 10.8 Å². The van der Waals surface area contributed by atoms with Crippen LogP contribution in [0.5, 0.6) is 0 Å². The van der Waals surface area contributed by atoms with Crippen molar-refractivity contribution in [2.45, 2.75) is 50.6 Å². The third-order valence-electron chi connectivity index (χ3n) is 4.47. The molecule has 146 valence electrons. The molecule has 1 fully saturated rings. The lowest BCUT2D eigenvalue weighted by atomic mass is 9.96. The number of anilines is 1. The number of fused-ring (bicyclic) bond motifs is 1. The van der Waals surface area contributed by atoms with E-state index in [1.165, 1.54) is 13.3 Å². The Morgan fingerprint density at radius 2 is 2.07 bits per heavy atom. The van der Waals surface area contributed by atoms with Crippen LogP contribution in [0.4, 0.5) is 5.82 Å². The summed E-state index contributed by atoms with van der Waals surface area (Å²) in [4.78, 5) is 8.27. The lowest BCUT2D eigenvalue weighted by molar-refractivity contribution is -0.0948. The van der Waals surface area contributed by atoms with Crippen molar-refractivity contribution in [1.82, 2.24) is 14.5 Å². The summed E-state index contributed by atoms with van der Waals surface area (Å²) < 4.78 is 7.24. The second-order valence-electron chi connectivity index (χ2n) is 7.86. The smallest absolute Gasteiger partial charge is 0.167 e. The molecule has 0 bridgehead atoms. The average molecular weight is 392 g/mol. The first-order chi connectivity index (χ1) is 12.6. The molecule has 9 nitrogen and oxygen atoms in total. The molecule has 3 rings (SSSR count). The standard InChI is InChI=1S/C17H24N4O5Si/c1-17(24)13(23)11(8-22)26-16(17)21-7-10(5-6-27(2,3)4)12-14(20-25)18-9-19-15(12)21/h7,9,11,13,16,22-25H,8H2,1-4H3,(H,18,19,20)/t11-,13-,16-,17-/m1/s1. The Balaban J connectivity index is 2.21. The number of nitrogens with zero attached hydrogens (tertiary/aromatic N) is 3. The molecule has 5 N–H and O–H groups in total. The minimum atomic E-state index is -1.68. The van der Waals surface area contributed by atoms with E-state index in [1.807, 2.05) is 5.48 Å². The van der Waals surface area contributed by atoms with E-state index in [-0.39, 0.29) is 5.82 Å². The highest BCUT2D eigenvalue weighted by Crippen LogP contribution is 2.40. The second-order valence-corrected chi connectivity index (χ2v) is 12.6. The van der Waals surface area contributed by atoms with Gasteiger partial charge in [-0.3, -0.25) is 10.7 Å². The number of aliphatic hydroxyl groups excluding tert-OH is 2. The van der Waals surface area contributed by atoms with Crippen molar-refractivity contribution in [2.75, 3.05) is 12.1 Å². The summed E-state index contributed by atoms with van der Waals surface area (Å²) in [6.07, 6.45) is -0.304. The topological polar surface area (TPSA) is 133 Å². The van der Waals surface area contributed by atoms with Gasteiger partial charge >= 0.3 is 0 Å². The number of aliphatic hydroxyl groups is 3. The molecule has 0 saturated carbocycles. The molecule has 0 amide bonds. The normalized spacial score (nSPS) is 28.2. The van der Waals surface area contributed by atoms with Crippen LogP contribution in [0, 0.1) is 11.5 Å². The van der Waals surface area contributed by atoms with Gasteiger partial charge in [-0.25, -0.2) is 9.97 Å². The molecule has 0 radical (unpaired) electrons. The summed E-state index contributed by atoms with van der Waals surface area (Å²) >= 11 is 0. The van der Waals surface area contributed by atoms with Crippen LogP contribution in [-0.4, -0.2) is 67.6 Å². The van der Waals surface area contributed by atoms with Gasteiger partial charge in [0.15, 0.2) is 12.0 Å². The molecule has 3 heterocycles. The molecular weight excluding hydrogens is 368 g/mol. The molecule has 0 spiro atoms. The van der Waals surface area contributed by atoms with Gasteiger partial charge in [0, 0.05) is 6.20 Å². The van der Waals surface area contributed by atoms with Crippen LogP contribution in [0.1, 0.15) is 18.7 Å². The molecule has 2 aromatic rings. The Bertz CT molecular complexity index is 912. The first-order valence-corrected chi connectivity index (χ1v) is 12.1. The number of ether oxygens (including phenoxy) is 1. The zero-order valence-corrected chi connectivity index (χ0v) is 16.6. The second kappa shape index (κ2) is 6.86. The van der Waals surface area contributed by atoms with E-state index >= 15 is 0 Å². The summed E-state index contributed by atoms with van der Waals surface area (Å²) in [5.74, 6) is 3.30. The highest BCUT2D eigenvalue weighted by molar-refractivity contribution is 6.83. The zero-order valence-electron chi connectivity index (χ0n) is 15.6. The maximum absolute atomic E-state index is 10.8. The quantitative estimate of drug-likeness (QED) is 0.289. The Hall–Kier alpha value is -2.00. The third-order valence-corrected chi connectivity index (χ3v) is 5.35. The van der Waals surface area contributed by atoms with Crippen LogP contribution in [-0.2, 0) is 4.74 Å². The minimum absolute atomic E-state index is 0.176. The molecule has 1 aliphatic rings. The van der Waals surface area contributed by atoms with Crippen LogP contribution in [0.3, 0.4) is 0 Å². The summed E-state index contributed by atoms with van der Waals surface area (Å²) in [5.41, 5.74) is 4.57. The average Bonchev–Trinajstić information content (AvgIpc) is 3.08. The van der Waals surface area contributed by atoms with Crippen LogP contribution < -0.4 is 5.48 Å². The maximum Gasteiger partial charge on any atom is 0.167 e. The molecule has 1 aliphatic heterocycles. The number of hydrogen-bond acceptors (Lipinski definition) is 8. The van der Waals surface area contributed by atoms with Crippen molar-refractivity contribution >= 4 is 24.9 Å². The van der Waals surface area contributed by atoms with Gasteiger partial charge in [-0.1, -0.05) is 25.6 Å². The molecule has 0 aromatic carbocycles.